The van der Waals surface area contributed by atoms with Crippen LogP contribution in [-0.2, 0) is 24.3 Å². The van der Waals surface area contributed by atoms with Gasteiger partial charge in [-0.1, -0.05) is 18.2 Å². The first kappa shape index (κ1) is 23.4. The van der Waals surface area contributed by atoms with Crippen LogP contribution in [0, 0.1) is 0 Å². The highest BCUT2D eigenvalue weighted by Gasteiger charge is 2.22. The fourth-order valence-electron chi connectivity index (χ4n) is 3.39. The number of para-hydroxylation sites is 1. The smallest absolute Gasteiger partial charge is 0.191 e. The Labute approximate surface area is 190 Å². The van der Waals surface area contributed by atoms with Crippen LogP contribution in [0.25, 0.3) is 0 Å². The van der Waals surface area contributed by atoms with Crippen molar-refractivity contribution >= 4 is 35.6 Å². The number of rotatable bonds is 8. The van der Waals surface area contributed by atoms with Gasteiger partial charge in [-0.3, -0.25) is 4.99 Å². The van der Waals surface area contributed by atoms with Gasteiger partial charge in [-0.05, 0) is 25.0 Å². The van der Waals surface area contributed by atoms with Crippen molar-refractivity contribution in [3.05, 3.63) is 42.0 Å². The maximum atomic E-state index is 5.13. The van der Waals surface area contributed by atoms with Gasteiger partial charge in [-0.25, -0.2) is 9.67 Å². The average molecular weight is 513 g/mol. The highest BCUT2D eigenvalue weighted by atomic mass is 127. The summed E-state index contributed by atoms with van der Waals surface area (Å²) in [5.41, 5.74) is 1.24. The van der Waals surface area contributed by atoms with Crippen molar-refractivity contribution in [1.29, 1.82) is 0 Å². The number of aliphatic imine (C=N–C) groups is 1. The molecule has 0 spiro atoms. The molecule has 0 aliphatic carbocycles. The Bertz CT molecular complexity index is 765. The Morgan fingerprint density at radius 3 is 2.86 bits per heavy atom. The van der Waals surface area contributed by atoms with Gasteiger partial charge >= 0.3 is 0 Å². The number of anilines is 1. The van der Waals surface area contributed by atoms with E-state index in [0.29, 0.717) is 12.6 Å². The zero-order valence-electron chi connectivity index (χ0n) is 17.5. The number of methoxy groups -OCH3 is 1. The number of halogens is 1. The van der Waals surface area contributed by atoms with Crippen LogP contribution in [0.1, 0.15) is 24.5 Å². The molecule has 1 unspecified atom stereocenters. The number of hydrogen-bond acceptors (Lipinski definition) is 5. The molecule has 0 radical (unpaired) electrons. The number of ether oxygens (including phenoxy) is 1. The van der Waals surface area contributed by atoms with Crippen molar-refractivity contribution in [1.82, 2.24) is 25.4 Å². The first-order valence-electron chi connectivity index (χ1n) is 9.84. The van der Waals surface area contributed by atoms with Crippen LogP contribution in [0.3, 0.4) is 0 Å². The summed E-state index contributed by atoms with van der Waals surface area (Å²) < 4.78 is 7.11. The Kier molecular flexibility index (Phi) is 9.65. The van der Waals surface area contributed by atoms with Gasteiger partial charge in [0, 0.05) is 52.4 Å². The molecule has 2 N–H and O–H groups in total. The number of hydrogen-bond donors (Lipinski definition) is 2. The zero-order valence-corrected chi connectivity index (χ0v) is 19.8. The third-order valence-electron chi connectivity index (χ3n) is 4.90. The summed E-state index contributed by atoms with van der Waals surface area (Å²) in [5, 5.41) is 11.5. The van der Waals surface area contributed by atoms with Crippen LogP contribution in [-0.4, -0.2) is 61.1 Å². The summed E-state index contributed by atoms with van der Waals surface area (Å²) in [5.74, 6) is 2.63. The summed E-state index contributed by atoms with van der Waals surface area (Å²) >= 11 is 0. The normalized spacial score (nSPS) is 16.0. The minimum atomic E-state index is 0. The Balaban J connectivity index is 0.00000300. The van der Waals surface area contributed by atoms with Crippen molar-refractivity contribution in [2.75, 3.05) is 39.2 Å². The monoisotopic (exact) mass is 513 g/mol. The molecule has 0 amide bonds. The van der Waals surface area contributed by atoms with Crippen molar-refractivity contribution < 1.29 is 4.74 Å². The van der Waals surface area contributed by atoms with Gasteiger partial charge in [-0.15, -0.1) is 24.0 Å². The Morgan fingerprint density at radius 2 is 2.14 bits per heavy atom. The summed E-state index contributed by atoms with van der Waals surface area (Å²) in [6, 6.07) is 10.7. The molecule has 2 aromatic rings. The van der Waals surface area contributed by atoms with Crippen LogP contribution in [0.4, 0.5) is 5.69 Å². The molecule has 0 bridgehead atoms. The van der Waals surface area contributed by atoms with E-state index in [1.54, 1.807) is 7.11 Å². The van der Waals surface area contributed by atoms with E-state index in [4.69, 9.17) is 4.74 Å². The van der Waals surface area contributed by atoms with E-state index < -0.39 is 0 Å². The number of benzene rings is 1. The van der Waals surface area contributed by atoms with Crippen LogP contribution in [0.2, 0.25) is 0 Å². The summed E-state index contributed by atoms with van der Waals surface area (Å²) in [6.45, 7) is 3.11. The first-order valence-corrected chi connectivity index (χ1v) is 9.84. The quantitative estimate of drug-likeness (QED) is 0.244. The van der Waals surface area contributed by atoms with Crippen molar-refractivity contribution in [2.45, 2.75) is 38.5 Å². The molecule has 0 saturated heterocycles. The lowest BCUT2D eigenvalue weighted by molar-refractivity contribution is 0.177. The maximum Gasteiger partial charge on any atom is 0.191 e. The Hall–Kier alpha value is -1.88. The number of aromatic nitrogens is 3. The van der Waals surface area contributed by atoms with Gasteiger partial charge < -0.3 is 20.3 Å². The third-order valence-corrected chi connectivity index (χ3v) is 4.90. The SMILES string of the molecule is CN=C(NCCCN(C)c1ccccc1)NC1CCc2nc(COC)nn2C1.I. The van der Waals surface area contributed by atoms with E-state index in [-0.39, 0.29) is 24.0 Å². The molecule has 29 heavy (non-hydrogen) atoms. The van der Waals surface area contributed by atoms with E-state index in [0.717, 1.165) is 56.5 Å². The fraction of sp³-hybridized carbons (Fsp3) is 0.550. The van der Waals surface area contributed by atoms with Crippen LogP contribution >= 0.6 is 24.0 Å². The lowest BCUT2D eigenvalue weighted by Crippen LogP contribution is -2.47. The molecule has 3 rings (SSSR count). The fourth-order valence-corrected chi connectivity index (χ4v) is 3.39. The predicted octanol–water partition coefficient (Wildman–Crippen LogP) is 2.05. The van der Waals surface area contributed by atoms with Crippen LogP contribution in [0.5, 0.6) is 0 Å². The highest BCUT2D eigenvalue weighted by molar-refractivity contribution is 14.0. The van der Waals surface area contributed by atoms with Gasteiger partial charge in [0.15, 0.2) is 11.8 Å². The number of fused-ring (bicyclic) bond motifs is 1. The summed E-state index contributed by atoms with van der Waals surface area (Å²) in [7, 11) is 5.60. The molecule has 1 aliphatic heterocycles. The lowest BCUT2D eigenvalue weighted by atomic mass is 10.1. The molecule has 1 aromatic heterocycles. The number of nitrogens with one attached hydrogen (secondary N) is 2. The molecular formula is C20H32IN7O. The highest BCUT2D eigenvalue weighted by Crippen LogP contribution is 2.13. The van der Waals surface area contributed by atoms with E-state index in [2.05, 4.69) is 61.9 Å². The second-order valence-corrected chi connectivity index (χ2v) is 7.05. The average Bonchev–Trinajstić information content (AvgIpc) is 3.12. The molecule has 1 atom stereocenters. The maximum absolute atomic E-state index is 5.13. The van der Waals surface area contributed by atoms with E-state index in [9.17, 15) is 0 Å². The topological polar surface area (TPSA) is 79.6 Å². The molecule has 8 nitrogen and oxygen atoms in total. The number of nitrogens with zero attached hydrogens (tertiary/aromatic N) is 5. The third kappa shape index (κ3) is 6.84. The second-order valence-electron chi connectivity index (χ2n) is 7.05. The predicted molar refractivity (Wildman–Crippen MR) is 127 cm³/mol. The van der Waals surface area contributed by atoms with Crippen molar-refractivity contribution in [3.8, 4) is 0 Å². The van der Waals surface area contributed by atoms with E-state index >= 15 is 0 Å². The standard InChI is InChI=1S/C20H31N7O.HI/c1-21-20(22-12-7-13-26(2)17-8-5-4-6-9-17)23-16-10-11-19-24-18(15-28-3)25-27(19)14-16;/h4-6,8-9,16H,7,10-15H2,1-3H3,(H2,21,22,23);1H. The van der Waals surface area contributed by atoms with E-state index in [1.165, 1.54) is 5.69 Å². The van der Waals surface area contributed by atoms with Crippen molar-refractivity contribution in [2.24, 2.45) is 4.99 Å². The number of aryl methyl sites for hydroxylation is 1. The molecule has 2 heterocycles. The van der Waals surface area contributed by atoms with Gasteiger partial charge in [0.25, 0.3) is 0 Å². The van der Waals surface area contributed by atoms with Crippen LogP contribution < -0.4 is 15.5 Å². The minimum Gasteiger partial charge on any atom is -0.377 e. The van der Waals surface area contributed by atoms with Crippen molar-refractivity contribution in [3.63, 3.8) is 0 Å². The second kappa shape index (κ2) is 12.0. The molecule has 160 valence electrons. The zero-order chi connectivity index (χ0) is 19.8. The summed E-state index contributed by atoms with van der Waals surface area (Å²) in [6.07, 6.45) is 2.96. The molecule has 0 saturated carbocycles. The molecule has 9 heteroatoms. The van der Waals surface area contributed by atoms with E-state index in [1.807, 2.05) is 17.8 Å². The summed E-state index contributed by atoms with van der Waals surface area (Å²) in [4.78, 5) is 11.2. The van der Waals surface area contributed by atoms with Gasteiger partial charge in [0.05, 0.1) is 6.54 Å². The molecular weight excluding hydrogens is 481 g/mol. The Morgan fingerprint density at radius 1 is 1.34 bits per heavy atom. The lowest BCUT2D eigenvalue weighted by Gasteiger charge is -2.25. The van der Waals surface area contributed by atoms with Crippen LogP contribution in [0.15, 0.2) is 35.3 Å². The molecule has 1 aromatic carbocycles. The van der Waals surface area contributed by atoms with Gasteiger partial charge in [0.1, 0.15) is 12.4 Å². The molecule has 0 fully saturated rings. The number of guanidine groups is 1. The van der Waals surface area contributed by atoms with Gasteiger partial charge in [0.2, 0.25) is 0 Å². The first-order chi connectivity index (χ1) is 13.7. The molecule has 1 aliphatic rings. The largest absolute Gasteiger partial charge is 0.377 e. The minimum absolute atomic E-state index is 0. The van der Waals surface area contributed by atoms with Gasteiger partial charge in [-0.2, -0.15) is 5.10 Å².